The molecule has 0 aromatic carbocycles. The first kappa shape index (κ1) is 16.2. The number of amides is 2. The van der Waals surface area contributed by atoms with Crippen LogP contribution in [0.5, 0.6) is 0 Å². The standard InChI is InChI=1S/C19H30N2O3/c1-24-18(23)21-4-2-3-20(5-6-21)17(22)13-19-10-14-7-15(11-19)9-16(8-14)12-19/h14-16H,2-13H2,1H3. The molecule has 4 bridgehead atoms. The van der Waals surface area contributed by atoms with Gasteiger partial charge in [-0.1, -0.05) is 0 Å². The maximum Gasteiger partial charge on any atom is 0.409 e. The Balaban J connectivity index is 1.37. The summed E-state index contributed by atoms with van der Waals surface area (Å²) in [6.45, 7) is 2.71. The molecular formula is C19H30N2O3. The van der Waals surface area contributed by atoms with E-state index in [1.807, 2.05) is 4.90 Å². The second-order valence-corrected chi connectivity index (χ2v) is 8.79. The predicted molar refractivity (Wildman–Crippen MR) is 90.4 cm³/mol. The molecule has 0 aromatic rings. The molecule has 0 spiro atoms. The number of rotatable bonds is 2. The molecule has 5 rings (SSSR count). The van der Waals surface area contributed by atoms with Crippen molar-refractivity contribution in [3.63, 3.8) is 0 Å². The highest BCUT2D eigenvalue weighted by molar-refractivity contribution is 5.77. The number of carbonyl (C=O) groups excluding carboxylic acids is 2. The minimum Gasteiger partial charge on any atom is -0.453 e. The second kappa shape index (κ2) is 6.23. The Kier molecular flexibility index (Phi) is 4.21. The Hall–Kier alpha value is -1.26. The van der Waals surface area contributed by atoms with Gasteiger partial charge in [-0.25, -0.2) is 4.79 Å². The van der Waals surface area contributed by atoms with Crippen LogP contribution in [0.15, 0.2) is 0 Å². The number of ether oxygens (including phenoxy) is 1. The van der Waals surface area contributed by atoms with E-state index in [-0.39, 0.29) is 6.09 Å². The average molecular weight is 334 g/mol. The molecule has 0 radical (unpaired) electrons. The van der Waals surface area contributed by atoms with Gasteiger partial charge in [-0.15, -0.1) is 0 Å². The fourth-order valence-electron chi connectivity index (χ4n) is 6.42. The van der Waals surface area contributed by atoms with Crippen LogP contribution in [-0.2, 0) is 9.53 Å². The van der Waals surface area contributed by atoms with Crippen molar-refractivity contribution in [1.82, 2.24) is 9.80 Å². The van der Waals surface area contributed by atoms with Gasteiger partial charge in [0.15, 0.2) is 0 Å². The summed E-state index contributed by atoms with van der Waals surface area (Å²) in [7, 11) is 1.42. The third-order valence-corrected chi connectivity index (χ3v) is 6.97. The lowest BCUT2D eigenvalue weighted by atomic mass is 9.49. The van der Waals surface area contributed by atoms with Crippen LogP contribution < -0.4 is 0 Å². The second-order valence-electron chi connectivity index (χ2n) is 8.79. The normalized spacial score (nSPS) is 38.1. The van der Waals surface area contributed by atoms with Crippen LogP contribution >= 0.6 is 0 Å². The Morgan fingerprint density at radius 1 is 0.917 bits per heavy atom. The van der Waals surface area contributed by atoms with E-state index in [4.69, 9.17) is 4.74 Å². The lowest BCUT2D eigenvalue weighted by Gasteiger charge is -2.57. The summed E-state index contributed by atoms with van der Waals surface area (Å²) < 4.78 is 4.82. The van der Waals surface area contributed by atoms with E-state index < -0.39 is 0 Å². The topological polar surface area (TPSA) is 49.9 Å². The number of methoxy groups -OCH3 is 1. The Labute approximate surface area is 144 Å². The molecule has 5 fully saturated rings. The van der Waals surface area contributed by atoms with Gasteiger partial charge in [0.25, 0.3) is 0 Å². The van der Waals surface area contributed by atoms with Crippen LogP contribution in [0.4, 0.5) is 4.79 Å². The van der Waals surface area contributed by atoms with Gasteiger partial charge in [0, 0.05) is 32.6 Å². The Bertz CT molecular complexity index is 483. The van der Waals surface area contributed by atoms with Gasteiger partial charge in [-0.2, -0.15) is 0 Å². The number of hydrogen-bond acceptors (Lipinski definition) is 3. The van der Waals surface area contributed by atoms with Crippen molar-refractivity contribution in [2.45, 2.75) is 51.4 Å². The summed E-state index contributed by atoms with van der Waals surface area (Å²) in [5.41, 5.74) is 0.306. The largest absolute Gasteiger partial charge is 0.453 e. The van der Waals surface area contributed by atoms with E-state index in [2.05, 4.69) is 0 Å². The molecule has 4 aliphatic carbocycles. The smallest absolute Gasteiger partial charge is 0.409 e. The molecule has 0 aromatic heterocycles. The molecular weight excluding hydrogens is 304 g/mol. The van der Waals surface area contributed by atoms with E-state index in [0.29, 0.717) is 31.0 Å². The molecule has 134 valence electrons. The molecule has 2 amide bonds. The fourth-order valence-corrected chi connectivity index (χ4v) is 6.42. The van der Waals surface area contributed by atoms with E-state index in [1.165, 1.54) is 45.6 Å². The summed E-state index contributed by atoms with van der Waals surface area (Å²) in [4.78, 5) is 28.4. The molecule has 1 aliphatic heterocycles. The zero-order chi connectivity index (χ0) is 16.7. The SMILES string of the molecule is COC(=O)N1CCCN(C(=O)CC23CC4CC(CC(C4)C2)C3)CC1. The van der Waals surface area contributed by atoms with Crippen LogP contribution in [0.3, 0.4) is 0 Å². The van der Waals surface area contributed by atoms with Crippen LogP contribution in [0.25, 0.3) is 0 Å². The minimum atomic E-state index is -0.273. The average Bonchev–Trinajstić information content (AvgIpc) is 2.78. The molecule has 1 heterocycles. The molecule has 24 heavy (non-hydrogen) atoms. The van der Waals surface area contributed by atoms with Crippen molar-refractivity contribution in [3.05, 3.63) is 0 Å². The van der Waals surface area contributed by atoms with E-state index in [1.54, 1.807) is 4.90 Å². The van der Waals surface area contributed by atoms with Crippen LogP contribution in [-0.4, -0.2) is 55.1 Å². The maximum absolute atomic E-state index is 13.0. The minimum absolute atomic E-state index is 0.273. The molecule has 1 saturated heterocycles. The van der Waals surface area contributed by atoms with Gasteiger partial charge in [0.1, 0.15) is 0 Å². The van der Waals surface area contributed by atoms with Crippen molar-refractivity contribution >= 4 is 12.0 Å². The highest BCUT2D eigenvalue weighted by Crippen LogP contribution is 2.61. The van der Waals surface area contributed by atoms with Crippen molar-refractivity contribution in [2.24, 2.45) is 23.2 Å². The van der Waals surface area contributed by atoms with Crippen LogP contribution in [0, 0.1) is 23.2 Å². The fraction of sp³-hybridized carbons (Fsp3) is 0.895. The summed E-state index contributed by atoms with van der Waals surface area (Å²) >= 11 is 0. The van der Waals surface area contributed by atoms with E-state index in [0.717, 1.165) is 37.1 Å². The van der Waals surface area contributed by atoms with Crippen molar-refractivity contribution in [1.29, 1.82) is 0 Å². The molecule has 0 N–H and O–H groups in total. The first-order chi connectivity index (χ1) is 11.6. The first-order valence-electron chi connectivity index (χ1n) is 9.67. The van der Waals surface area contributed by atoms with Gasteiger partial charge in [0.05, 0.1) is 7.11 Å². The van der Waals surface area contributed by atoms with Gasteiger partial charge in [0.2, 0.25) is 5.91 Å². The van der Waals surface area contributed by atoms with Gasteiger partial charge < -0.3 is 14.5 Å². The number of nitrogens with zero attached hydrogens (tertiary/aromatic N) is 2. The molecule has 5 aliphatic rings. The molecule has 0 unspecified atom stereocenters. The Morgan fingerprint density at radius 2 is 1.46 bits per heavy atom. The van der Waals surface area contributed by atoms with Crippen molar-refractivity contribution in [2.75, 3.05) is 33.3 Å². The zero-order valence-corrected chi connectivity index (χ0v) is 14.8. The van der Waals surface area contributed by atoms with Crippen molar-refractivity contribution in [3.8, 4) is 0 Å². The monoisotopic (exact) mass is 334 g/mol. The highest BCUT2D eigenvalue weighted by Gasteiger charge is 2.51. The predicted octanol–water partition coefficient (Wildman–Crippen LogP) is 2.89. The summed E-state index contributed by atoms with van der Waals surface area (Å²) in [5.74, 6) is 3.00. The molecule has 5 nitrogen and oxygen atoms in total. The van der Waals surface area contributed by atoms with E-state index in [9.17, 15) is 9.59 Å². The van der Waals surface area contributed by atoms with Crippen LogP contribution in [0.1, 0.15) is 51.4 Å². The summed E-state index contributed by atoms with van der Waals surface area (Å²) in [6.07, 6.45) is 9.44. The highest BCUT2D eigenvalue weighted by atomic mass is 16.5. The van der Waals surface area contributed by atoms with Gasteiger partial charge in [-0.3, -0.25) is 4.79 Å². The van der Waals surface area contributed by atoms with E-state index >= 15 is 0 Å². The molecule has 5 heteroatoms. The zero-order valence-electron chi connectivity index (χ0n) is 14.8. The van der Waals surface area contributed by atoms with Gasteiger partial charge >= 0.3 is 6.09 Å². The number of carbonyl (C=O) groups is 2. The van der Waals surface area contributed by atoms with Crippen molar-refractivity contribution < 1.29 is 14.3 Å². The summed E-state index contributed by atoms with van der Waals surface area (Å²) in [6, 6.07) is 0. The summed E-state index contributed by atoms with van der Waals surface area (Å²) in [5, 5.41) is 0. The lowest BCUT2D eigenvalue weighted by Crippen LogP contribution is -2.48. The van der Waals surface area contributed by atoms with Crippen LogP contribution in [0.2, 0.25) is 0 Å². The Morgan fingerprint density at radius 3 is 2.04 bits per heavy atom. The lowest BCUT2D eigenvalue weighted by molar-refractivity contribution is -0.139. The third-order valence-electron chi connectivity index (χ3n) is 6.97. The molecule has 0 atom stereocenters. The maximum atomic E-state index is 13.0. The first-order valence-corrected chi connectivity index (χ1v) is 9.67. The quantitative estimate of drug-likeness (QED) is 0.780. The molecule has 4 saturated carbocycles. The van der Waals surface area contributed by atoms with Gasteiger partial charge in [-0.05, 0) is 68.1 Å². The third kappa shape index (κ3) is 3.02. The number of hydrogen-bond donors (Lipinski definition) is 0.